The van der Waals surface area contributed by atoms with Crippen molar-refractivity contribution < 1.29 is 9.13 Å². The van der Waals surface area contributed by atoms with E-state index in [1.807, 2.05) is 0 Å². The van der Waals surface area contributed by atoms with Gasteiger partial charge in [0.15, 0.2) is 6.20 Å². The van der Waals surface area contributed by atoms with E-state index >= 15 is 0 Å². The highest BCUT2D eigenvalue weighted by Crippen LogP contribution is 2.42. The molecule has 2 aliphatic rings. The minimum absolute atomic E-state index is 0.473. The van der Waals surface area contributed by atoms with Gasteiger partial charge < -0.3 is 0 Å². The first kappa shape index (κ1) is 14.7. The summed E-state index contributed by atoms with van der Waals surface area (Å²) in [5, 5.41) is 3.60. The summed E-state index contributed by atoms with van der Waals surface area (Å²) in [5.41, 5.74) is 5.78. The molecule has 5 rings (SSSR count). The molecule has 122 valence electrons. The Morgan fingerprint density at radius 1 is 0.800 bits per heavy atom. The zero-order chi connectivity index (χ0) is 17.2. The number of fused-ring (bicyclic) bond motifs is 6. The molecule has 0 N–H and O–H groups in total. The fourth-order valence-corrected chi connectivity index (χ4v) is 4.43. The molecule has 25 heavy (non-hydrogen) atoms. The molecule has 3 heteroatoms. The molecule has 0 spiro atoms. The van der Waals surface area contributed by atoms with Gasteiger partial charge in [-0.1, -0.05) is 12.1 Å². The SMILES string of the molecule is CS(C)(C)C#CC12c3ccccc3-c3cccc([n+]31)-c1cccc[n+]12. The summed E-state index contributed by atoms with van der Waals surface area (Å²) in [6.45, 7) is 0. The van der Waals surface area contributed by atoms with Crippen LogP contribution in [0.15, 0.2) is 66.9 Å². The predicted molar refractivity (Wildman–Crippen MR) is 103 cm³/mol. The average Bonchev–Trinajstić information content (AvgIpc) is 3.07. The van der Waals surface area contributed by atoms with Gasteiger partial charge in [0.25, 0.3) is 11.4 Å². The number of nitrogens with zero attached hydrogens (tertiary/aromatic N) is 2. The van der Waals surface area contributed by atoms with Crippen LogP contribution in [0.1, 0.15) is 5.56 Å². The largest absolute Gasteiger partial charge is 0.455 e. The molecule has 3 aromatic rings. The zero-order valence-electron chi connectivity index (χ0n) is 14.7. The second kappa shape index (κ2) is 4.74. The first-order chi connectivity index (χ1) is 12.0. The average molecular weight is 344 g/mol. The lowest BCUT2D eigenvalue weighted by molar-refractivity contribution is -0.924. The normalized spacial score (nSPS) is 19.5. The summed E-state index contributed by atoms with van der Waals surface area (Å²) in [7, 11) is -0.932. The van der Waals surface area contributed by atoms with Crippen LogP contribution < -0.4 is 9.13 Å². The fourth-order valence-electron chi connectivity index (χ4n) is 3.98. The Morgan fingerprint density at radius 3 is 2.36 bits per heavy atom. The van der Waals surface area contributed by atoms with Crippen molar-refractivity contribution in [3.63, 3.8) is 0 Å². The van der Waals surface area contributed by atoms with Crippen molar-refractivity contribution in [2.24, 2.45) is 0 Å². The van der Waals surface area contributed by atoms with Crippen molar-refractivity contribution in [2.45, 2.75) is 5.66 Å². The van der Waals surface area contributed by atoms with Crippen LogP contribution in [0.3, 0.4) is 0 Å². The van der Waals surface area contributed by atoms with E-state index < -0.39 is 15.7 Å². The van der Waals surface area contributed by atoms with Crippen LogP contribution in [-0.2, 0) is 5.66 Å². The van der Waals surface area contributed by atoms with E-state index in [2.05, 4.69) is 106 Å². The van der Waals surface area contributed by atoms with Crippen LogP contribution in [0.4, 0.5) is 0 Å². The summed E-state index contributed by atoms with van der Waals surface area (Å²) in [6.07, 6.45) is 8.92. The lowest BCUT2D eigenvalue weighted by Crippen LogP contribution is -2.67. The Kier molecular flexibility index (Phi) is 2.80. The Labute approximate surface area is 150 Å². The minimum Gasteiger partial charge on any atom is -0.185 e. The van der Waals surface area contributed by atoms with Crippen molar-refractivity contribution in [1.29, 1.82) is 0 Å². The Bertz CT molecular complexity index is 1030. The standard InChI is InChI=1S/C22H20N2S/c1-25(2,3)16-14-22-18-10-5-4-9-17(18)19-12-8-13-21(24(19)22)20-11-6-7-15-23(20)22/h4-13,15H,1-3H3/q+2. The van der Waals surface area contributed by atoms with Gasteiger partial charge in [-0.2, -0.15) is 10.0 Å². The number of benzene rings is 1. The van der Waals surface area contributed by atoms with Gasteiger partial charge in [0.2, 0.25) is 5.69 Å². The molecule has 0 saturated carbocycles. The summed E-state index contributed by atoms with van der Waals surface area (Å²) in [5.74, 6) is 3.72. The highest BCUT2D eigenvalue weighted by atomic mass is 32.3. The number of aromatic nitrogens is 2. The van der Waals surface area contributed by atoms with E-state index in [0.717, 1.165) is 0 Å². The lowest BCUT2D eigenvalue weighted by Gasteiger charge is -2.16. The highest BCUT2D eigenvalue weighted by molar-refractivity contribution is 8.35. The summed E-state index contributed by atoms with van der Waals surface area (Å²) < 4.78 is 4.76. The molecule has 0 radical (unpaired) electrons. The number of rotatable bonds is 0. The van der Waals surface area contributed by atoms with E-state index in [1.54, 1.807) is 0 Å². The van der Waals surface area contributed by atoms with Gasteiger partial charge in [-0.05, 0) is 48.3 Å². The van der Waals surface area contributed by atoms with Crippen molar-refractivity contribution in [2.75, 3.05) is 18.8 Å². The molecule has 0 amide bonds. The fraction of sp³-hybridized carbons (Fsp3) is 0.182. The Hall–Kier alpha value is -2.57. The van der Waals surface area contributed by atoms with Crippen molar-refractivity contribution in [3.8, 4) is 33.8 Å². The molecule has 4 heterocycles. The second-order valence-electron chi connectivity index (χ2n) is 7.37. The van der Waals surface area contributed by atoms with Crippen molar-refractivity contribution >= 4 is 10.0 Å². The second-order valence-corrected chi connectivity index (χ2v) is 11.2. The van der Waals surface area contributed by atoms with Crippen LogP contribution in [0.25, 0.3) is 22.6 Å². The van der Waals surface area contributed by atoms with Gasteiger partial charge in [-0.3, -0.25) is 0 Å². The number of hydrogen-bond acceptors (Lipinski definition) is 0. The third kappa shape index (κ3) is 1.83. The molecule has 1 unspecified atom stereocenters. The Morgan fingerprint density at radius 2 is 1.52 bits per heavy atom. The van der Waals surface area contributed by atoms with Crippen LogP contribution in [0.5, 0.6) is 0 Å². The molecule has 0 fully saturated rings. The predicted octanol–water partition coefficient (Wildman–Crippen LogP) is 3.13. The van der Waals surface area contributed by atoms with E-state index in [0.29, 0.717) is 0 Å². The summed E-state index contributed by atoms with van der Waals surface area (Å²) in [6, 6.07) is 21.7. The molecule has 0 saturated heterocycles. The number of pyridine rings is 2. The van der Waals surface area contributed by atoms with Crippen LogP contribution in [0.2, 0.25) is 0 Å². The van der Waals surface area contributed by atoms with E-state index in [4.69, 9.17) is 0 Å². The molecule has 2 aromatic heterocycles. The smallest absolute Gasteiger partial charge is 0.185 e. The maximum atomic E-state index is 3.72. The first-order valence-corrected chi connectivity index (χ1v) is 11.3. The van der Waals surface area contributed by atoms with E-state index in [9.17, 15) is 0 Å². The van der Waals surface area contributed by atoms with Gasteiger partial charge in [-0.25, -0.2) is 0 Å². The quantitative estimate of drug-likeness (QED) is 0.437. The third-order valence-electron chi connectivity index (χ3n) is 4.89. The monoisotopic (exact) mass is 344 g/mol. The Balaban J connectivity index is 1.98. The van der Waals surface area contributed by atoms with Crippen LogP contribution in [0, 0.1) is 11.2 Å². The minimum atomic E-state index is -0.932. The third-order valence-corrected chi connectivity index (χ3v) is 5.61. The number of hydrogen-bond donors (Lipinski definition) is 0. The van der Waals surface area contributed by atoms with Gasteiger partial charge in [0.05, 0.1) is 11.5 Å². The molecule has 2 nitrogen and oxygen atoms in total. The topological polar surface area (TPSA) is 7.76 Å². The molecular weight excluding hydrogens is 324 g/mol. The molecule has 1 aromatic carbocycles. The summed E-state index contributed by atoms with van der Waals surface area (Å²) >= 11 is 0. The maximum absolute atomic E-state index is 3.72. The van der Waals surface area contributed by atoms with E-state index in [1.165, 1.54) is 28.2 Å². The van der Waals surface area contributed by atoms with Gasteiger partial charge >= 0.3 is 5.66 Å². The molecule has 1 atom stereocenters. The maximum Gasteiger partial charge on any atom is 0.455 e. The zero-order valence-corrected chi connectivity index (χ0v) is 15.5. The lowest BCUT2D eigenvalue weighted by atomic mass is 9.97. The molecule has 0 bridgehead atoms. The van der Waals surface area contributed by atoms with Crippen LogP contribution in [-0.4, -0.2) is 18.8 Å². The molecule has 0 aliphatic carbocycles. The van der Waals surface area contributed by atoms with Gasteiger partial charge in [0, 0.05) is 24.3 Å². The van der Waals surface area contributed by atoms with Crippen molar-refractivity contribution in [3.05, 3.63) is 72.4 Å². The molecule has 2 aliphatic heterocycles. The van der Waals surface area contributed by atoms with E-state index in [-0.39, 0.29) is 0 Å². The summed E-state index contributed by atoms with van der Waals surface area (Å²) in [4.78, 5) is 0. The highest BCUT2D eigenvalue weighted by Gasteiger charge is 2.66. The van der Waals surface area contributed by atoms with Gasteiger partial charge in [0.1, 0.15) is 5.56 Å². The van der Waals surface area contributed by atoms with Crippen molar-refractivity contribution in [1.82, 2.24) is 0 Å². The van der Waals surface area contributed by atoms with Crippen LogP contribution >= 0.6 is 10.0 Å². The van der Waals surface area contributed by atoms with Gasteiger partial charge in [-0.15, -0.1) is 9.13 Å². The molecular formula is C22H20N2S+2. The first-order valence-electron chi connectivity index (χ1n) is 8.42.